The number of aryl methyl sites for hydroxylation is 1. The summed E-state index contributed by atoms with van der Waals surface area (Å²) in [7, 11) is 0. The van der Waals surface area contributed by atoms with Crippen molar-refractivity contribution in [3.05, 3.63) is 71.8 Å². The molecule has 0 spiro atoms. The minimum Gasteiger partial charge on any atom is -0.462 e. The maximum atomic E-state index is 12.5. The standard InChI is InChI=1S/C20H18N4O3S/c1-3-27-20(26)15-7-8-16(23-13(15)2)19(25)24-14-9-11-22-18(12-14)28-17-6-4-5-10-21-17/h4-12H,3H2,1-2H3,(H,22,24,25). The van der Waals surface area contributed by atoms with Crippen molar-refractivity contribution in [1.29, 1.82) is 0 Å². The summed E-state index contributed by atoms with van der Waals surface area (Å²) in [5.41, 5.74) is 1.58. The van der Waals surface area contributed by atoms with Crippen LogP contribution in [0.25, 0.3) is 0 Å². The van der Waals surface area contributed by atoms with Gasteiger partial charge in [-0.05, 0) is 50.2 Å². The van der Waals surface area contributed by atoms with Crippen molar-refractivity contribution in [2.75, 3.05) is 11.9 Å². The van der Waals surface area contributed by atoms with E-state index in [4.69, 9.17) is 4.74 Å². The fourth-order valence-electron chi connectivity index (χ4n) is 2.36. The second kappa shape index (κ2) is 9.09. The average molecular weight is 394 g/mol. The molecule has 0 saturated carbocycles. The number of carbonyl (C=O) groups is 2. The molecule has 28 heavy (non-hydrogen) atoms. The molecule has 0 aromatic carbocycles. The molecule has 0 radical (unpaired) electrons. The van der Waals surface area contributed by atoms with Gasteiger partial charge in [0.2, 0.25) is 0 Å². The number of nitrogens with one attached hydrogen (secondary N) is 1. The van der Waals surface area contributed by atoms with E-state index < -0.39 is 5.97 Å². The van der Waals surface area contributed by atoms with Crippen molar-refractivity contribution < 1.29 is 14.3 Å². The van der Waals surface area contributed by atoms with Crippen molar-refractivity contribution in [2.24, 2.45) is 0 Å². The highest BCUT2D eigenvalue weighted by Gasteiger charge is 2.15. The number of amides is 1. The van der Waals surface area contributed by atoms with Gasteiger partial charge in [0.1, 0.15) is 15.7 Å². The molecule has 3 heterocycles. The summed E-state index contributed by atoms with van der Waals surface area (Å²) in [5.74, 6) is -0.830. The van der Waals surface area contributed by atoms with Gasteiger partial charge >= 0.3 is 5.97 Å². The summed E-state index contributed by atoms with van der Waals surface area (Å²) >= 11 is 1.40. The van der Waals surface area contributed by atoms with E-state index in [-0.39, 0.29) is 18.2 Å². The van der Waals surface area contributed by atoms with Crippen LogP contribution in [0, 0.1) is 6.92 Å². The van der Waals surface area contributed by atoms with Gasteiger partial charge in [-0.15, -0.1) is 0 Å². The number of carbonyl (C=O) groups excluding carboxylic acids is 2. The predicted octanol–water partition coefficient (Wildman–Crippen LogP) is 3.76. The van der Waals surface area contributed by atoms with Crippen LogP contribution in [0.1, 0.15) is 33.5 Å². The number of aromatic nitrogens is 3. The summed E-state index contributed by atoms with van der Waals surface area (Å²) in [6, 6.07) is 12.1. The lowest BCUT2D eigenvalue weighted by molar-refractivity contribution is 0.0524. The highest BCUT2D eigenvalue weighted by Crippen LogP contribution is 2.25. The number of esters is 1. The largest absolute Gasteiger partial charge is 0.462 e. The minimum absolute atomic E-state index is 0.210. The monoisotopic (exact) mass is 394 g/mol. The first-order valence-electron chi connectivity index (χ1n) is 8.58. The smallest absolute Gasteiger partial charge is 0.339 e. The third-order valence-electron chi connectivity index (χ3n) is 3.65. The summed E-state index contributed by atoms with van der Waals surface area (Å²) in [6.07, 6.45) is 3.32. The Hall–Kier alpha value is -3.26. The molecule has 0 fully saturated rings. The summed E-state index contributed by atoms with van der Waals surface area (Å²) < 4.78 is 4.97. The number of nitrogens with zero attached hydrogens (tertiary/aromatic N) is 3. The molecule has 0 atom stereocenters. The van der Waals surface area contributed by atoms with E-state index in [1.807, 2.05) is 18.2 Å². The molecule has 0 aliphatic rings. The lowest BCUT2D eigenvalue weighted by Gasteiger charge is -2.09. The van der Waals surface area contributed by atoms with Crippen molar-refractivity contribution in [2.45, 2.75) is 23.9 Å². The highest BCUT2D eigenvalue weighted by atomic mass is 32.2. The highest BCUT2D eigenvalue weighted by molar-refractivity contribution is 7.99. The van der Waals surface area contributed by atoms with E-state index in [9.17, 15) is 9.59 Å². The number of rotatable bonds is 6. The second-order valence-electron chi connectivity index (χ2n) is 5.66. The normalized spacial score (nSPS) is 10.4. The molecule has 8 heteroatoms. The number of ether oxygens (including phenoxy) is 1. The lowest BCUT2D eigenvalue weighted by atomic mass is 10.2. The molecular weight excluding hydrogens is 376 g/mol. The van der Waals surface area contributed by atoms with Gasteiger partial charge in [0.05, 0.1) is 17.9 Å². The average Bonchev–Trinajstić information content (AvgIpc) is 2.69. The van der Waals surface area contributed by atoms with Gasteiger partial charge in [0, 0.05) is 18.1 Å². The zero-order chi connectivity index (χ0) is 19.9. The summed E-state index contributed by atoms with van der Waals surface area (Å²) in [5, 5.41) is 4.31. The Morgan fingerprint density at radius 1 is 1.07 bits per heavy atom. The van der Waals surface area contributed by atoms with Crippen LogP contribution in [0.4, 0.5) is 5.69 Å². The van der Waals surface area contributed by atoms with Crippen molar-refractivity contribution in [1.82, 2.24) is 15.0 Å². The second-order valence-corrected chi connectivity index (χ2v) is 6.70. The van der Waals surface area contributed by atoms with E-state index in [1.54, 1.807) is 44.4 Å². The van der Waals surface area contributed by atoms with Crippen LogP contribution in [0.5, 0.6) is 0 Å². The maximum absolute atomic E-state index is 12.5. The lowest BCUT2D eigenvalue weighted by Crippen LogP contribution is -2.16. The number of hydrogen-bond acceptors (Lipinski definition) is 7. The van der Waals surface area contributed by atoms with E-state index in [0.29, 0.717) is 22.0 Å². The summed E-state index contributed by atoms with van der Waals surface area (Å²) in [4.78, 5) is 37.1. The fraction of sp³-hybridized carbons (Fsp3) is 0.150. The Kier molecular flexibility index (Phi) is 6.33. The topological polar surface area (TPSA) is 94.1 Å². The van der Waals surface area contributed by atoms with Crippen LogP contribution in [-0.2, 0) is 4.74 Å². The van der Waals surface area contributed by atoms with Crippen LogP contribution < -0.4 is 5.32 Å². The molecular formula is C20H18N4O3S. The van der Waals surface area contributed by atoms with Gasteiger partial charge in [0.25, 0.3) is 5.91 Å². The van der Waals surface area contributed by atoms with E-state index >= 15 is 0 Å². The van der Waals surface area contributed by atoms with E-state index in [0.717, 1.165) is 5.03 Å². The Bertz CT molecular complexity index is 996. The molecule has 0 unspecified atom stereocenters. The predicted molar refractivity (Wildman–Crippen MR) is 105 cm³/mol. The minimum atomic E-state index is -0.454. The molecule has 7 nitrogen and oxygen atoms in total. The fourth-order valence-corrected chi connectivity index (χ4v) is 3.14. The Balaban J connectivity index is 1.72. The van der Waals surface area contributed by atoms with Crippen LogP contribution in [0.15, 0.2) is 64.9 Å². The third-order valence-corrected chi connectivity index (χ3v) is 4.54. The molecule has 1 amide bonds. The van der Waals surface area contributed by atoms with Gasteiger partial charge in [0.15, 0.2) is 0 Å². The van der Waals surface area contributed by atoms with Crippen molar-refractivity contribution in [3.63, 3.8) is 0 Å². The molecule has 0 saturated heterocycles. The molecule has 1 N–H and O–H groups in total. The van der Waals surface area contributed by atoms with Gasteiger partial charge < -0.3 is 10.1 Å². The Morgan fingerprint density at radius 2 is 1.89 bits per heavy atom. The van der Waals surface area contributed by atoms with Gasteiger partial charge in [-0.2, -0.15) is 0 Å². The Labute approximate surface area is 166 Å². The number of pyridine rings is 3. The third kappa shape index (κ3) is 4.92. The zero-order valence-corrected chi connectivity index (χ0v) is 16.2. The number of hydrogen-bond donors (Lipinski definition) is 1. The quantitative estimate of drug-likeness (QED) is 0.636. The Morgan fingerprint density at radius 3 is 2.61 bits per heavy atom. The molecule has 0 aliphatic carbocycles. The van der Waals surface area contributed by atoms with Crippen LogP contribution in [0.2, 0.25) is 0 Å². The molecule has 0 bridgehead atoms. The van der Waals surface area contributed by atoms with E-state index in [2.05, 4.69) is 20.3 Å². The molecule has 0 aliphatic heterocycles. The first-order valence-corrected chi connectivity index (χ1v) is 9.39. The van der Waals surface area contributed by atoms with Crippen molar-refractivity contribution in [3.8, 4) is 0 Å². The van der Waals surface area contributed by atoms with E-state index in [1.165, 1.54) is 17.8 Å². The first kappa shape index (κ1) is 19.5. The van der Waals surface area contributed by atoms with Crippen LogP contribution >= 0.6 is 11.8 Å². The van der Waals surface area contributed by atoms with Crippen molar-refractivity contribution >= 4 is 29.3 Å². The zero-order valence-electron chi connectivity index (χ0n) is 15.4. The van der Waals surface area contributed by atoms with Gasteiger partial charge in [-0.1, -0.05) is 17.8 Å². The van der Waals surface area contributed by atoms with Crippen LogP contribution in [-0.4, -0.2) is 33.4 Å². The molecule has 142 valence electrons. The number of anilines is 1. The molecule has 3 aromatic rings. The molecule has 3 aromatic heterocycles. The van der Waals surface area contributed by atoms with Gasteiger partial charge in [-0.25, -0.2) is 19.7 Å². The van der Waals surface area contributed by atoms with Gasteiger partial charge in [-0.3, -0.25) is 4.79 Å². The summed E-state index contributed by atoms with van der Waals surface area (Å²) in [6.45, 7) is 3.68. The maximum Gasteiger partial charge on any atom is 0.339 e. The van der Waals surface area contributed by atoms with Crippen LogP contribution in [0.3, 0.4) is 0 Å². The molecule has 3 rings (SSSR count). The first-order chi connectivity index (χ1) is 13.6. The SMILES string of the molecule is CCOC(=O)c1ccc(C(=O)Nc2ccnc(Sc3ccccn3)c2)nc1C.